The molecule has 15 heavy (non-hydrogen) atoms. The lowest BCUT2D eigenvalue weighted by molar-refractivity contribution is 0.244. The number of rotatable bonds is 3. The Kier molecular flexibility index (Phi) is 3.38. The number of aromatic nitrogens is 1. The second kappa shape index (κ2) is 4.60. The molecular formula is C11H19N3S. The van der Waals surface area contributed by atoms with Gasteiger partial charge in [-0.15, -0.1) is 11.3 Å². The molecule has 2 rings (SSSR count). The second-order valence-corrected chi connectivity index (χ2v) is 5.29. The first kappa shape index (κ1) is 11.0. The van der Waals surface area contributed by atoms with Crippen LogP contribution in [0.25, 0.3) is 0 Å². The Bertz CT molecular complexity index is 321. The molecule has 0 unspecified atom stereocenters. The molecule has 1 aromatic rings. The molecule has 0 amide bonds. The number of aryl methyl sites for hydroxylation is 1. The van der Waals surface area contributed by atoms with Gasteiger partial charge >= 0.3 is 0 Å². The Hall–Kier alpha value is -0.450. The lowest BCUT2D eigenvalue weighted by atomic mass is 10.1. The van der Waals surface area contributed by atoms with Gasteiger partial charge in [0.1, 0.15) is 0 Å². The molecular weight excluding hydrogens is 206 g/mol. The molecule has 0 saturated carbocycles. The van der Waals surface area contributed by atoms with Crippen LogP contribution in [0.3, 0.4) is 0 Å². The van der Waals surface area contributed by atoms with E-state index < -0.39 is 0 Å². The van der Waals surface area contributed by atoms with Gasteiger partial charge < -0.3 is 5.73 Å². The highest BCUT2D eigenvalue weighted by Crippen LogP contribution is 2.31. The minimum Gasteiger partial charge on any atom is -0.326 e. The number of hydrogen-bond acceptors (Lipinski definition) is 4. The van der Waals surface area contributed by atoms with Gasteiger partial charge in [0.05, 0.1) is 16.7 Å². The summed E-state index contributed by atoms with van der Waals surface area (Å²) in [5, 5.41) is 3.30. The predicted octanol–water partition coefficient (Wildman–Crippen LogP) is 1.94. The molecule has 2 N–H and O–H groups in total. The van der Waals surface area contributed by atoms with Gasteiger partial charge in [-0.2, -0.15) is 0 Å². The highest BCUT2D eigenvalue weighted by atomic mass is 32.1. The Balaban J connectivity index is 2.17. The molecule has 4 heteroatoms. The molecule has 0 aromatic carbocycles. The van der Waals surface area contributed by atoms with Crippen LogP contribution in [-0.2, 0) is 0 Å². The van der Waals surface area contributed by atoms with Crippen molar-refractivity contribution in [2.75, 3.05) is 13.1 Å². The van der Waals surface area contributed by atoms with E-state index in [1.54, 1.807) is 11.3 Å². The summed E-state index contributed by atoms with van der Waals surface area (Å²) in [4.78, 5) is 7.04. The number of likely N-dealkylation sites (tertiary alicyclic amines) is 1. The summed E-state index contributed by atoms with van der Waals surface area (Å²) in [6.07, 6.45) is 2.29. The molecule has 0 radical (unpaired) electrons. The molecule has 1 aliphatic rings. The maximum Gasteiger partial charge on any atom is 0.0898 e. The van der Waals surface area contributed by atoms with Crippen molar-refractivity contribution in [2.45, 2.75) is 38.8 Å². The van der Waals surface area contributed by atoms with Crippen LogP contribution < -0.4 is 5.73 Å². The molecule has 2 atom stereocenters. The molecule has 1 fully saturated rings. The van der Waals surface area contributed by atoms with Gasteiger partial charge in [0.2, 0.25) is 0 Å². The Morgan fingerprint density at radius 2 is 2.47 bits per heavy atom. The minimum absolute atomic E-state index is 0.262. The minimum atomic E-state index is 0.262. The van der Waals surface area contributed by atoms with E-state index in [2.05, 4.69) is 29.1 Å². The lowest BCUT2D eigenvalue weighted by Crippen LogP contribution is -2.32. The van der Waals surface area contributed by atoms with Gasteiger partial charge in [-0.1, -0.05) is 6.92 Å². The highest BCUT2D eigenvalue weighted by molar-refractivity contribution is 7.09. The normalized spacial score (nSPS) is 27.4. The number of hydrogen-bond donors (Lipinski definition) is 1. The maximum absolute atomic E-state index is 6.16. The first-order chi connectivity index (χ1) is 7.22. The van der Waals surface area contributed by atoms with E-state index in [4.69, 9.17) is 5.73 Å². The van der Waals surface area contributed by atoms with Crippen LogP contribution >= 0.6 is 11.3 Å². The van der Waals surface area contributed by atoms with Crippen molar-refractivity contribution >= 4 is 11.3 Å². The Morgan fingerprint density at radius 3 is 3.07 bits per heavy atom. The van der Waals surface area contributed by atoms with E-state index in [0.29, 0.717) is 6.04 Å². The molecule has 0 bridgehead atoms. The monoisotopic (exact) mass is 225 g/mol. The van der Waals surface area contributed by atoms with Crippen molar-refractivity contribution in [3.63, 3.8) is 0 Å². The van der Waals surface area contributed by atoms with Gasteiger partial charge in [-0.25, -0.2) is 4.98 Å². The first-order valence-electron chi connectivity index (χ1n) is 5.64. The average molecular weight is 225 g/mol. The van der Waals surface area contributed by atoms with Crippen molar-refractivity contribution in [3.05, 3.63) is 16.1 Å². The fourth-order valence-corrected chi connectivity index (χ4v) is 2.98. The zero-order chi connectivity index (χ0) is 10.8. The van der Waals surface area contributed by atoms with Crippen LogP contribution in [0.1, 0.15) is 36.5 Å². The van der Waals surface area contributed by atoms with E-state index in [1.165, 1.54) is 12.1 Å². The van der Waals surface area contributed by atoms with Crippen molar-refractivity contribution in [1.82, 2.24) is 9.88 Å². The molecule has 3 nitrogen and oxygen atoms in total. The third-order valence-electron chi connectivity index (χ3n) is 3.00. The van der Waals surface area contributed by atoms with E-state index in [9.17, 15) is 0 Å². The largest absolute Gasteiger partial charge is 0.326 e. The van der Waals surface area contributed by atoms with Gasteiger partial charge in [0.25, 0.3) is 0 Å². The smallest absolute Gasteiger partial charge is 0.0898 e. The van der Waals surface area contributed by atoms with Crippen LogP contribution in [0.2, 0.25) is 0 Å². The molecule has 1 aromatic heterocycles. The fourth-order valence-electron chi connectivity index (χ4n) is 2.34. The number of nitrogens with zero attached hydrogens (tertiary/aromatic N) is 2. The fraction of sp³-hybridized carbons (Fsp3) is 0.727. The first-order valence-corrected chi connectivity index (χ1v) is 6.52. The third kappa shape index (κ3) is 2.22. The summed E-state index contributed by atoms with van der Waals surface area (Å²) in [5.41, 5.74) is 7.34. The van der Waals surface area contributed by atoms with Gasteiger partial charge in [0.15, 0.2) is 0 Å². The highest BCUT2D eigenvalue weighted by Gasteiger charge is 2.33. The molecule has 0 aliphatic carbocycles. The second-order valence-electron chi connectivity index (χ2n) is 4.22. The van der Waals surface area contributed by atoms with E-state index >= 15 is 0 Å². The summed E-state index contributed by atoms with van der Waals surface area (Å²) < 4.78 is 0. The van der Waals surface area contributed by atoms with Gasteiger partial charge in [0, 0.05) is 18.0 Å². The zero-order valence-electron chi connectivity index (χ0n) is 9.44. The maximum atomic E-state index is 6.16. The average Bonchev–Trinajstić information content (AvgIpc) is 2.74. The van der Waals surface area contributed by atoms with E-state index in [0.717, 1.165) is 24.5 Å². The van der Waals surface area contributed by atoms with Crippen molar-refractivity contribution in [1.29, 1.82) is 0 Å². The summed E-state index contributed by atoms with van der Waals surface area (Å²) >= 11 is 1.72. The van der Waals surface area contributed by atoms with Crippen LogP contribution in [0.15, 0.2) is 5.38 Å². The quantitative estimate of drug-likeness (QED) is 0.854. The summed E-state index contributed by atoms with van der Waals surface area (Å²) in [7, 11) is 0. The summed E-state index contributed by atoms with van der Waals surface area (Å²) in [6, 6.07) is 0.618. The number of nitrogens with two attached hydrogens (primary N) is 1. The summed E-state index contributed by atoms with van der Waals surface area (Å²) in [5.74, 6) is 0. The third-order valence-corrected chi connectivity index (χ3v) is 3.79. The Morgan fingerprint density at radius 1 is 1.67 bits per heavy atom. The Labute approximate surface area is 95.3 Å². The number of thiazole rings is 1. The van der Waals surface area contributed by atoms with Crippen LogP contribution in [-0.4, -0.2) is 29.0 Å². The van der Waals surface area contributed by atoms with Crippen molar-refractivity contribution < 1.29 is 0 Å². The van der Waals surface area contributed by atoms with Crippen LogP contribution in [0.4, 0.5) is 0 Å². The molecule has 0 spiro atoms. The standard InChI is InChI=1S/C11H19N3S/c1-3-5-14-6-4-9(12)11(14)10-7-15-8(2)13-10/h7,9,11H,3-6,12H2,1-2H3/t9-,11-/m0/s1. The van der Waals surface area contributed by atoms with Crippen molar-refractivity contribution in [2.24, 2.45) is 5.73 Å². The molecule has 84 valence electrons. The van der Waals surface area contributed by atoms with Crippen LogP contribution in [0.5, 0.6) is 0 Å². The van der Waals surface area contributed by atoms with Crippen molar-refractivity contribution in [3.8, 4) is 0 Å². The van der Waals surface area contributed by atoms with E-state index in [1.807, 2.05) is 0 Å². The van der Waals surface area contributed by atoms with Gasteiger partial charge in [-0.05, 0) is 26.3 Å². The molecule has 2 heterocycles. The predicted molar refractivity (Wildman–Crippen MR) is 64.0 cm³/mol. The van der Waals surface area contributed by atoms with Crippen LogP contribution in [0, 0.1) is 6.92 Å². The summed E-state index contributed by atoms with van der Waals surface area (Å²) in [6.45, 7) is 6.52. The zero-order valence-corrected chi connectivity index (χ0v) is 10.3. The van der Waals surface area contributed by atoms with E-state index in [-0.39, 0.29) is 6.04 Å². The molecule has 1 saturated heterocycles. The topological polar surface area (TPSA) is 42.1 Å². The molecule has 1 aliphatic heterocycles. The SMILES string of the molecule is CCCN1CC[C@H](N)[C@H]1c1csc(C)n1. The lowest BCUT2D eigenvalue weighted by Gasteiger charge is -2.24. The van der Waals surface area contributed by atoms with Gasteiger partial charge in [-0.3, -0.25) is 4.90 Å².